The van der Waals surface area contributed by atoms with Gasteiger partial charge in [0.2, 0.25) is 5.88 Å². The Labute approximate surface area is 120 Å². The van der Waals surface area contributed by atoms with Gasteiger partial charge in [0.05, 0.1) is 6.54 Å². The number of hydrogen-bond donors (Lipinski definition) is 0. The molecule has 3 nitrogen and oxygen atoms in total. The predicted molar refractivity (Wildman–Crippen MR) is 81.4 cm³/mol. The zero-order valence-electron chi connectivity index (χ0n) is 12.0. The predicted octanol–water partition coefficient (Wildman–Crippen LogP) is 3.36. The van der Waals surface area contributed by atoms with Crippen molar-refractivity contribution in [3.8, 4) is 5.88 Å². The molecule has 0 bridgehead atoms. The minimum atomic E-state index is 0.227. The molecular weight excluding hydrogens is 248 g/mol. The van der Waals surface area contributed by atoms with E-state index in [0.717, 1.165) is 31.0 Å². The fourth-order valence-electron chi connectivity index (χ4n) is 2.66. The van der Waals surface area contributed by atoms with Crippen molar-refractivity contribution in [1.29, 1.82) is 0 Å². The van der Waals surface area contributed by atoms with Crippen LogP contribution in [0.5, 0.6) is 5.88 Å². The van der Waals surface area contributed by atoms with Gasteiger partial charge in [0.25, 0.3) is 0 Å². The first-order valence-electron chi connectivity index (χ1n) is 7.12. The first kappa shape index (κ1) is 13.0. The van der Waals surface area contributed by atoms with E-state index in [1.165, 1.54) is 11.3 Å². The molecule has 0 spiro atoms. The quantitative estimate of drug-likeness (QED) is 0.853. The molecule has 1 fully saturated rings. The topological polar surface area (TPSA) is 25.4 Å². The number of pyridine rings is 1. The zero-order valence-corrected chi connectivity index (χ0v) is 12.0. The van der Waals surface area contributed by atoms with Crippen LogP contribution >= 0.6 is 0 Å². The summed E-state index contributed by atoms with van der Waals surface area (Å²) in [6.45, 7) is 6.17. The van der Waals surface area contributed by atoms with Crippen LogP contribution in [0.1, 0.15) is 17.5 Å². The summed E-state index contributed by atoms with van der Waals surface area (Å²) in [6, 6.07) is 12.5. The molecule has 0 saturated carbocycles. The largest absolute Gasteiger partial charge is 0.472 e. The Hall–Kier alpha value is -2.03. The van der Waals surface area contributed by atoms with Gasteiger partial charge in [-0.15, -0.1) is 0 Å². The third-order valence-electron chi connectivity index (χ3n) is 3.77. The van der Waals surface area contributed by atoms with Crippen molar-refractivity contribution in [2.75, 3.05) is 18.0 Å². The fourth-order valence-corrected chi connectivity index (χ4v) is 2.66. The van der Waals surface area contributed by atoms with Crippen molar-refractivity contribution in [2.24, 2.45) is 0 Å². The second kappa shape index (κ2) is 5.53. The summed E-state index contributed by atoms with van der Waals surface area (Å²) in [5.41, 5.74) is 3.79. The van der Waals surface area contributed by atoms with E-state index in [-0.39, 0.29) is 6.10 Å². The number of benzene rings is 1. The molecular formula is C17H20N2O. The van der Waals surface area contributed by atoms with Crippen molar-refractivity contribution < 1.29 is 4.74 Å². The number of rotatable bonds is 3. The first-order chi connectivity index (χ1) is 9.72. The van der Waals surface area contributed by atoms with E-state index in [4.69, 9.17) is 4.74 Å². The Morgan fingerprint density at radius 3 is 2.75 bits per heavy atom. The highest BCUT2D eigenvalue weighted by Gasteiger charge is 2.25. The zero-order chi connectivity index (χ0) is 13.9. The summed E-state index contributed by atoms with van der Waals surface area (Å²) in [6.07, 6.45) is 3.12. The second-order valence-corrected chi connectivity index (χ2v) is 5.43. The Morgan fingerprint density at radius 1 is 1.15 bits per heavy atom. The highest BCUT2D eigenvalue weighted by atomic mass is 16.5. The van der Waals surface area contributed by atoms with Gasteiger partial charge in [-0.05, 0) is 31.0 Å². The first-order valence-corrected chi connectivity index (χ1v) is 7.12. The van der Waals surface area contributed by atoms with Crippen LogP contribution in [0.25, 0.3) is 0 Å². The lowest BCUT2D eigenvalue weighted by Crippen LogP contribution is -2.25. The molecule has 1 saturated heterocycles. The number of para-hydroxylation sites is 1. The average Bonchev–Trinajstić information content (AvgIpc) is 2.90. The maximum Gasteiger partial charge on any atom is 0.213 e. The number of aromatic nitrogens is 1. The van der Waals surface area contributed by atoms with Crippen LogP contribution in [-0.2, 0) is 0 Å². The smallest absolute Gasteiger partial charge is 0.213 e. The van der Waals surface area contributed by atoms with Gasteiger partial charge in [-0.2, -0.15) is 0 Å². The maximum absolute atomic E-state index is 5.97. The lowest BCUT2D eigenvalue weighted by Gasteiger charge is -2.20. The van der Waals surface area contributed by atoms with Gasteiger partial charge >= 0.3 is 0 Å². The summed E-state index contributed by atoms with van der Waals surface area (Å²) >= 11 is 0. The second-order valence-electron chi connectivity index (χ2n) is 5.43. The van der Waals surface area contributed by atoms with E-state index in [2.05, 4.69) is 41.1 Å². The molecule has 0 aliphatic carbocycles. The van der Waals surface area contributed by atoms with Crippen molar-refractivity contribution in [2.45, 2.75) is 26.4 Å². The highest BCUT2D eigenvalue weighted by Crippen LogP contribution is 2.25. The number of hydrogen-bond acceptors (Lipinski definition) is 3. The molecule has 0 radical (unpaired) electrons. The van der Waals surface area contributed by atoms with Crippen molar-refractivity contribution >= 4 is 5.69 Å². The summed E-state index contributed by atoms with van der Waals surface area (Å²) in [5.74, 6) is 0.729. The Bertz CT molecular complexity index is 580. The lowest BCUT2D eigenvalue weighted by atomic mass is 10.2. The summed E-state index contributed by atoms with van der Waals surface area (Å²) < 4.78 is 5.97. The number of nitrogens with zero attached hydrogens (tertiary/aromatic N) is 2. The highest BCUT2D eigenvalue weighted by molar-refractivity contribution is 5.53. The van der Waals surface area contributed by atoms with Crippen LogP contribution in [0.15, 0.2) is 42.6 Å². The number of ether oxygens (including phenoxy) is 1. The third-order valence-corrected chi connectivity index (χ3v) is 3.77. The van der Waals surface area contributed by atoms with Gasteiger partial charge in [-0.25, -0.2) is 4.98 Å². The SMILES string of the molecule is Cc1ccc(O[C@H]2CCN(c3ccccc3C)C2)nc1. The molecule has 1 atom stereocenters. The van der Waals surface area contributed by atoms with E-state index in [1.807, 2.05) is 25.3 Å². The van der Waals surface area contributed by atoms with Gasteiger partial charge < -0.3 is 9.64 Å². The molecule has 0 N–H and O–H groups in total. The molecule has 104 valence electrons. The molecule has 2 heterocycles. The fraction of sp³-hybridized carbons (Fsp3) is 0.353. The van der Waals surface area contributed by atoms with Crippen molar-refractivity contribution in [3.05, 3.63) is 53.7 Å². The summed E-state index contributed by atoms with van der Waals surface area (Å²) in [5, 5.41) is 0. The number of anilines is 1. The van der Waals surface area contributed by atoms with Crippen LogP contribution < -0.4 is 9.64 Å². The summed E-state index contributed by atoms with van der Waals surface area (Å²) in [4.78, 5) is 6.71. The van der Waals surface area contributed by atoms with Crippen molar-refractivity contribution in [1.82, 2.24) is 4.98 Å². The monoisotopic (exact) mass is 268 g/mol. The Morgan fingerprint density at radius 2 is 2.00 bits per heavy atom. The molecule has 2 aromatic rings. The van der Waals surface area contributed by atoms with Gasteiger partial charge in [-0.1, -0.05) is 24.3 Å². The van der Waals surface area contributed by atoms with Crippen LogP contribution in [0.2, 0.25) is 0 Å². The third kappa shape index (κ3) is 2.77. The maximum atomic E-state index is 5.97. The van der Waals surface area contributed by atoms with E-state index in [1.54, 1.807) is 0 Å². The molecule has 1 aromatic carbocycles. The average molecular weight is 268 g/mol. The van der Waals surface area contributed by atoms with Crippen LogP contribution in [-0.4, -0.2) is 24.2 Å². The van der Waals surface area contributed by atoms with Gasteiger partial charge in [0, 0.05) is 30.9 Å². The molecule has 1 aliphatic heterocycles. The minimum Gasteiger partial charge on any atom is -0.472 e. The van der Waals surface area contributed by atoms with Crippen LogP contribution in [0, 0.1) is 13.8 Å². The standard InChI is InChI=1S/C17H20N2O/c1-13-7-8-17(18-11-13)20-15-9-10-19(12-15)16-6-4-3-5-14(16)2/h3-8,11,15H,9-10,12H2,1-2H3/t15-/m0/s1. The minimum absolute atomic E-state index is 0.227. The van der Waals surface area contributed by atoms with E-state index in [0.29, 0.717) is 0 Å². The molecule has 3 heteroatoms. The number of aryl methyl sites for hydroxylation is 2. The molecule has 0 unspecified atom stereocenters. The van der Waals surface area contributed by atoms with E-state index < -0.39 is 0 Å². The van der Waals surface area contributed by atoms with Gasteiger partial charge in [-0.3, -0.25) is 0 Å². The van der Waals surface area contributed by atoms with Crippen LogP contribution in [0.3, 0.4) is 0 Å². The molecule has 20 heavy (non-hydrogen) atoms. The van der Waals surface area contributed by atoms with Gasteiger partial charge in [0.1, 0.15) is 6.10 Å². The molecule has 1 aromatic heterocycles. The van der Waals surface area contributed by atoms with Crippen LogP contribution in [0.4, 0.5) is 5.69 Å². The Balaban J connectivity index is 1.65. The molecule has 1 aliphatic rings. The Kier molecular flexibility index (Phi) is 3.59. The normalized spacial score (nSPS) is 18.3. The van der Waals surface area contributed by atoms with Crippen molar-refractivity contribution in [3.63, 3.8) is 0 Å². The van der Waals surface area contributed by atoms with Gasteiger partial charge in [0.15, 0.2) is 0 Å². The lowest BCUT2D eigenvalue weighted by molar-refractivity contribution is 0.216. The molecule has 3 rings (SSSR count). The van der Waals surface area contributed by atoms with E-state index >= 15 is 0 Å². The summed E-state index contributed by atoms with van der Waals surface area (Å²) in [7, 11) is 0. The van der Waals surface area contributed by atoms with E-state index in [9.17, 15) is 0 Å². The molecule has 0 amide bonds.